The summed E-state index contributed by atoms with van der Waals surface area (Å²) in [6, 6.07) is 5.98. The Hall–Kier alpha value is -1.84. The van der Waals surface area contributed by atoms with Gasteiger partial charge >= 0.3 is 0 Å². The second kappa shape index (κ2) is 9.58. The molecular formula is C19H22FN3O3S2. The van der Waals surface area contributed by atoms with Crippen LogP contribution in [-0.2, 0) is 29.0 Å². The van der Waals surface area contributed by atoms with Crippen LogP contribution in [0.1, 0.15) is 18.2 Å². The molecular weight excluding hydrogens is 401 g/mol. The zero-order valence-corrected chi connectivity index (χ0v) is 17.4. The number of thioether (sulfide) groups is 2. The maximum Gasteiger partial charge on any atom is 0.268 e. The first-order valence-electron chi connectivity index (χ1n) is 8.91. The van der Waals surface area contributed by atoms with Gasteiger partial charge in [0.25, 0.3) is 5.56 Å². The van der Waals surface area contributed by atoms with Crippen LogP contribution in [0.5, 0.6) is 0 Å². The van der Waals surface area contributed by atoms with E-state index in [0.29, 0.717) is 35.0 Å². The fraction of sp³-hybridized carbons (Fsp3) is 0.421. The van der Waals surface area contributed by atoms with Crippen molar-refractivity contribution in [1.29, 1.82) is 0 Å². The lowest BCUT2D eigenvalue weighted by atomic mass is 10.2. The van der Waals surface area contributed by atoms with E-state index in [2.05, 4.69) is 17.2 Å². The Labute approximate surface area is 171 Å². The Morgan fingerprint density at radius 3 is 2.89 bits per heavy atom. The molecule has 1 amide bonds. The van der Waals surface area contributed by atoms with Crippen molar-refractivity contribution in [2.75, 3.05) is 19.5 Å². The van der Waals surface area contributed by atoms with Gasteiger partial charge in [-0.3, -0.25) is 14.2 Å². The SMILES string of the molecule is COCCn1c(SCC(=O)NCc2ccc(F)cc2)nc2c(c1=O)SC(C)C2. The molecule has 1 atom stereocenters. The van der Waals surface area contributed by atoms with Crippen LogP contribution in [0, 0.1) is 5.82 Å². The molecule has 0 fully saturated rings. The predicted molar refractivity (Wildman–Crippen MR) is 108 cm³/mol. The van der Waals surface area contributed by atoms with Crippen molar-refractivity contribution in [1.82, 2.24) is 14.9 Å². The first-order valence-corrected chi connectivity index (χ1v) is 10.8. The first-order chi connectivity index (χ1) is 13.5. The second-order valence-corrected chi connectivity index (χ2v) is 8.84. The van der Waals surface area contributed by atoms with Gasteiger partial charge in [0.15, 0.2) is 5.16 Å². The number of fused-ring (bicyclic) bond motifs is 1. The zero-order valence-electron chi connectivity index (χ0n) is 15.7. The normalized spacial score (nSPS) is 15.5. The first kappa shape index (κ1) is 20.9. The van der Waals surface area contributed by atoms with Gasteiger partial charge in [-0.15, -0.1) is 11.8 Å². The van der Waals surface area contributed by atoms with Gasteiger partial charge in [0, 0.05) is 25.3 Å². The molecule has 0 aliphatic carbocycles. The highest BCUT2D eigenvalue weighted by Gasteiger charge is 2.26. The molecule has 1 unspecified atom stereocenters. The Kier molecular flexibility index (Phi) is 7.14. The Morgan fingerprint density at radius 1 is 1.43 bits per heavy atom. The number of carbonyl (C=O) groups excluding carboxylic acids is 1. The highest BCUT2D eigenvalue weighted by Crippen LogP contribution is 2.34. The van der Waals surface area contributed by atoms with Gasteiger partial charge < -0.3 is 10.1 Å². The number of nitrogens with zero attached hydrogens (tertiary/aromatic N) is 2. The lowest BCUT2D eigenvalue weighted by molar-refractivity contribution is -0.118. The van der Waals surface area contributed by atoms with E-state index in [1.165, 1.54) is 23.9 Å². The molecule has 2 heterocycles. The number of benzene rings is 1. The monoisotopic (exact) mass is 423 g/mol. The summed E-state index contributed by atoms with van der Waals surface area (Å²) in [7, 11) is 1.58. The third-order valence-electron chi connectivity index (χ3n) is 4.22. The summed E-state index contributed by atoms with van der Waals surface area (Å²) >= 11 is 2.79. The molecule has 28 heavy (non-hydrogen) atoms. The van der Waals surface area contributed by atoms with E-state index in [-0.39, 0.29) is 23.0 Å². The minimum Gasteiger partial charge on any atom is -0.383 e. The quantitative estimate of drug-likeness (QED) is 0.520. The average Bonchev–Trinajstić information content (AvgIpc) is 3.06. The van der Waals surface area contributed by atoms with Crippen molar-refractivity contribution < 1.29 is 13.9 Å². The van der Waals surface area contributed by atoms with Crippen molar-refractivity contribution in [3.05, 3.63) is 51.7 Å². The molecule has 3 rings (SSSR count). The maximum absolute atomic E-state index is 12.9. The summed E-state index contributed by atoms with van der Waals surface area (Å²) in [6.07, 6.45) is 0.755. The molecule has 6 nitrogen and oxygen atoms in total. The molecule has 1 aliphatic rings. The summed E-state index contributed by atoms with van der Waals surface area (Å²) in [5.41, 5.74) is 1.56. The Balaban J connectivity index is 1.66. The summed E-state index contributed by atoms with van der Waals surface area (Å²) in [5, 5.41) is 3.66. The van der Waals surface area contributed by atoms with Crippen molar-refractivity contribution >= 4 is 29.4 Å². The third kappa shape index (κ3) is 5.15. The number of amides is 1. The fourth-order valence-electron chi connectivity index (χ4n) is 2.81. The van der Waals surface area contributed by atoms with E-state index in [0.717, 1.165) is 17.7 Å². The highest BCUT2D eigenvalue weighted by atomic mass is 32.2. The smallest absolute Gasteiger partial charge is 0.268 e. The molecule has 9 heteroatoms. The number of ether oxygens (including phenoxy) is 1. The van der Waals surface area contributed by atoms with Gasteiger partial charge in [0.1, 0.15) is 5.82 Å². The number of carbonyl (C=O) groups is 1. The number of methoxy groups -OCH3 is 1. The summed E-state index contributed by atoms with van der Waals surface area (Å²) in [5.74, 6) is -0.345. The molecule has 150 valence electrons. The van der Waals surface area contributed by atoms with Gasteiger partial charge in [-0.25, -0.2) is 9.37 Å². The minimum absolute atomic E-state index is 0.0642. The van der Waals surface area contributed by atoms with Crippen molar-refractivity contribution in [3.8, 4) is 0 Å². The van der Waals surface area contributed by atoms with E-state index in [4.69, 9.17) is 4.74 Å². The van der Waals surface area contributed by atoms with Gasteiger partial charge in [0.05, 0.1) is 29.5 Å². The predicted octanol–water partition coefficient (Wildman–Crippen LogP) is 2.47. The van der Waals surface area contributed by atoms with E-state index < -0.39 is 0 Å². The van der Waals surface area contributed by atoms with Crippen molar-refractivity contribution in [2.45, 2.75) is 41.7 Å². The molecule has 1 aliphatic heterocycles. The molecule has 0 radical (unpaired) electrons. The standard InChI is InChI=1S/C19H22FN3O3S2/c1-12-9-15-17(28-12)18(25)23(7-8-26-2)19(22-15)27-11-16(24)21-10-13-3-5-14(20)6-4-13/h3-6,12H,7-11H2,1-2H3,(H,21,24). The van der Waals surface area contributed by atoms with Crippen LogP contribution in [0.2, 0.25) is 0 Å². The van der Waals surface area contributed by atoms with Crippen LogP contribution in [0.3, 0.4) is 0 Å². The molecule has 1 aromatic carbocycles. The lowest BCUT2D eigenvalue weighted by Gasteiger charge is -2.13. The van der Waals surface area contributed by atoms with Crippen molar-refractivity contribution in [3.63, 3.8) is 0 Å². The van der Waals surface area contributed by atoms with Gasteiger partial charge in [-0.2, -0.15) is 0 Å². The highest BCUT2D eigenvalue weighted by molar-refractivity contribution is 8.00. The largest absolute Gasteiger partial charge is 0.383 e. The topological polar surface area (TPSA) is 73.2 Å². The van der Waals surface area contributed by atoms with Crippen LogP contribution in [0.25, 0.3) is 0 Å². The number of rotatable bonds is 8. The number of halogens is 1. The molecule has 1 aromatic heterocycles. The molecule has 0 bridgehead atoms. The van der Waals surface area contributed by atoms with Crippen LogP contribution in [0.4, 0.5) is 4.39 Å². The van der Waals surface area contributed by atoms with Gasteiger partial charge in [-0.1, -0.05) is 30.8 Å². The van der Waals surface area contributed by atoms with Crippen LogP contribution < -0.4 is 10.9 Å². The second-order valence-electron chi connectivity index (χ2n) is 6.44. The lowest BCUT2D eigenvalue weighted by Crippen LogP contribution is -2.28. The number of aromatic nitrogens is 2. The number of hydrogen-bond acceptors (Lipinski definition) is 6. The molecule has 0 saturated carbocycles. The van der Waals surface area contributed by atoms with E-state index in [1.54, 1.807) is 35.6 Å². The summed E-state index contributed by atoms with van der Waals surface area (Å²) < 4.78 is 19.6. The fourth-order valence-corrected chi connectivity index (χ4v) is 4.79. The average molecular weight is 424 g/mol. The van der Waals surface area contributed by atoms with E-state index in [9.17, 15) is 14.0 Å². The maximum atomic E-state index is 12.9. The number of hydrogen-bond donors (Lipinski definition) is 1. The molecule has 2 aromatic rings. The summed E-state index contributed by atoms with van der Waals surface area (Å²) in [6.45, 7) is 3.18. The molecule has 0 saturated heterocycles. The van der Waals surface area contributed by atoms with Crippen LogP contribution >= 0.6 is 23.5 Å². The Bertz CT molecular complexity index is 903. The van der Waals surface area contributed by atoms with Crippen LogP contribution in [-0.4, -0.2) is 40.2 Å². The van der Waals surface area contributed by atoms with Crippen LogP contribution in [0.15, 0.2) is 39.1 Å². The molecule has 0 spiro atoms. The van der Waals surface area contributed by atoms with E-state index >= 15 is 0 Å². The number of nitrogens with one attached hydrogen (secondary N) is 1. The van der Waals surface area contributed by atoms with E-state index in [1.807, 2.05) is 0 Å². The third-order valence-corrected chi connectivity index (χ3v) is 6.41. The zero-order chi connectivity index (χ0) is 20.1. The minimum atomic E-state index is -0.310. The van der Waals surface area contributed by atoms with Gasteiger partial charge in [0.2, 0.25) is 5.91 Å². The van der Waals surface area contributed by atoms with Crippen molar-refractivity contribution in [2.24, 2.45) is 0 Å². The molecule has 1 N–H and O–H groups in total. The van der Waals surface area contributed by atoms with Gasteiger partial charge in [-0.05, 0) is 17.7 Å². The summed E-state index contributed by atoms with van der Waals surface area (Å²) in [4.78, 5) is 30.4. The Morgan fingerprint density at radius 2 is 2.18 bits per heavy atom.